The third-order valence-electron chi connectivity index (χ3n) is 3.10. The topological polar surface area (TPSA) is 113 Å². The molecule has 0 aliphatic heterocycles. The quantitative estimate of drug-likeness (QED) is 0.429. The van der Waals surface area contributed by atoms with Crippen molar-refractivity contribution in [1.29, 1.82) is 10.8 Å². The van der Waals surface area contributed by atoms with E-state index in [0.717, 1.165) is 10.8 Å². The molecule has 5 nitrogen and oxygen atoms in total. The van der Waals surface area contributed by atoms with Crippen molar-refractivity contribution >= 4 is 58.4 Å². The van der Waals surface area contributed by atoms with Crippen molar-refractivity contribution in [3.63, 3.8) is 0 Å². The predicted molar refractivity (Wildman–Crippen MR) is 90.2 cm³/mol. The molecule has 0 bridgehead atoms. The number of nitrogens with two attached hydrogens (primary N) is 2. The summed E-state index contributed by atoms with van der Waals surface area (Å²) in [5.41, 5.74) is 13.5. The van der Waals surface area contributed by atoms with Crippen LogP contribution in [0.2, 0.25) is 0 Å². The summed E-state index contributed by atoms with van der Waals surface area (Å²) in [6.07, 6.45) is 0. The first-order valence-corrected chi connectivity index (χ1v) is 5.71. The number of nitrogen functional groups attached to an aromatic ring is 2. The molecule has 3 aromatic rings. The van der Waals surface area contributed by atoms with Gasteiger partial charge in [-0.3, -0.25) is 10.8 Å². The average molecular weight is 325 g/mol. The number of hydrogen-bond donors (Lipinski definition) is 4. The predicted octanol–water partition coefficient (Wildman–Crippen LogP) is 3.00. The van der Waals surface area contributed by atoms with Gasteiger partial charge in [0.15, 0.2) is 0 Å². The number of hydrogen-bond acceptors (Lipinski definition) is 3. The molecule has 7 heteroatoms. The van der Waals surface area contributed by atoms with Crippen LogP contribution in [0.25, 0.3) is 21.9 Å². The summed E-state index contributed by atoms with van der Waals surface area (Å²) in [7, 11) is 0. The zero-order valence-electron chi connectivity index (χ0n) is 10.8. The molecule has 0 spiro atoms. The highest BCUT2D eigenvalue weighted by atomic mass is 35.5. The molecule has 0 unspecified atom stereocenters. The molecule has 3 rings (SSSR count). The first-order valence-electron chi connectivity index (χ1n) is 5.71. The second kappa shape index (κ2) is 6.03. The number of amidine groups is 2. The summed E-state index contributed by atoms with van der Waals surface area (Å²) in [6, 6.07) is 10.8. The Hall–Kier alpha value is -2.24. The molecular weight excluding hydrogens is 311 g/mol. The van der Waals surface area contributed by atoms with Gasteiger partial charge in [-0.05, 0) is 24.3 Å². The third kappa shape index (κ3) is 2.79. The van der Waals surface area contributed by atoms with Crippen molar-refractivity contribution in [1.82, 2.24) is 0 Å². The van der Waals surface area contributed by atoms with Gasteiger partial charge in [-0.2, -0.15) is 0 Å². The Labute approximate surface area is 133 Å². The Morgan fingerprint density at radius 3 is 1.48 bits per heavy atom. The zero-order chi connectivity index (χ0) is 13.6. The van der Waals surface area contributed by atoms with E-state index in [1.165, 1.54) is 0 Å². The molecule has 0 saturated carbocycles. The number of fused-ring (bicyclic) bond motifs is 3. The van der Waals surface area contributed by atoms with Gasteiger partial charge in [0.1, 0.15) is 22.8 Å². The molecule has 2 aromatic carbocycles. The van der Waals surface area contributed by atoms with Crippen molar-refractivity contribution in [2.75, 3.05) is 0 Å². The Balaban J connectivity index is 0.00000110. The molecule has 21 heavy (non-hydrogen) atoms. The average Bonchev–Trinajstić information content (AvgIpc) is 2.74. The third-order valence-corrected chi connectivity index (χ3v) is 3.10. The van der Waals surface area contributed by atoms with Gasteiger partial charge >= 0.3 is 0 Å². The van der Waals surface area contributed by atoms with Crippen LogP contribution in [0.4, 0.5) is 0 Å². The largest absolute Gasteiger partial charge is 0.456 e. The van der Waals surface area contributed by atoms with Gasteiger partial charge in [-0.1, -0.05) is 12.1 Å². The van der Waals surface area contributed by atoms with E-state index in [1.807, 2.05) is 12.1 Å². The number of halogens is 2. The van der Waals surface area contributed by atoms with Crippen LogP contribution in [0, 0.1) is 10.8 Å². The van der Waals surface area contributed by atoms with E-state index in [4.69, 9.17) is 26.7 Å². The lowest BCUT2D eigenvalue weighted by Gasteiger charge is -1.97. The minimum Gasteiger partial charge on any atom is -0.456 e. The fourth-order valence-corrected chi connectivity index (χ4v) is 2.11. The summed E-state index contributed by atoms with van der Waals surface area (Å²) in [6.45, 7) is 0. The SMILES string of the molecule is Cl.Cl.N=C(N)c1ccc2c(c1)oc1cc(C(=N)N)ccc12. The normalized spacial score (nSPS) is 9.90. The number of nitrogens with one attached hydrogen (secondary N) is 2. The Bertz CT molecular complexity index is 773. The number of furan rings is 1. The lowest BCUT2D eigenvalue weighted by Crippen LogP contribution is -2.10. The lowest BCUT2D eigenvalue weighted by molar-refractivity contribution is 0.668. The fourth-order valence-electron chi connectivity index (χ4n) is 2.11. The van der Waals surface area contributed by atoms with Crippen molar-refractivity contribution in [2.24, 2.45) is 11.5 Å². The maximum atomic E-state index is 7.43. The molecule has 0 amide bonds. The first kappa shape index (κ1) is 16.8. The van der Waals surface area contributed by atoms with Crippen molar-refractivity contribution in [2.45, 2.75) is 0 Å². The summed E-state index contributed by atoms with van der Waals surface area (Å²) in [4.78, 5) is 0. The van der Waals surface area contributed by atoms with Crippen LogP contribution in [0.5, 0.6) is 0 Å². The van der Waals surface area contributed by atoms with Gasteiger partial charge < -0.3 is 15.9 Å². The van der Waals surface area contributed by atoms with Crippen LogP contribution in [0.3, 0.4) is 0 Å². The van der Waals surface area contributed by atoms with Gasteiger partial charge in [0.2, 0.25) is 0 Å². The molecule has 1 aromatic heterocycles. The molecule has 1 heterocycles. The van der Waals surface area contributed by atoms with E-state index in [1.54, 1.807) is 24.3 Å². The van der Waals surface area contributed by atoms with E-state index < -0.39 is 0 Å². The monoisotopic (exact) mass is 324 g/mol. The summed E-state index contributed by atoms with van der Waals surface area (Å²) in [5, 5.41) is 16.8. The van der Waals surface area contributed by atoms with Crippen molar-refractivity contribution in [3.05, 3.63) is 47.5 Å². The smallest absolute Gasteiger partial charge is 0.136 e. The molecule has 0 atom stereocenters. The lowest BCUT2D eigenvalue weighted by atomic mass is 10.1. The highest BCUT2D eigenvalue weighted by molar-refractivity contribution is 6.09. The van der Waals surface area contributed by atoms with Gasteiger partial charge in [-0.25, -0.2) is 0 Å². The Morgan fingerprint density at radius 1 is 0.762 bits per heavy atom. The summed E-state index contributed by atoms with van der Waals surface area (Å²) < 4.78 is 5.73. The Kier molecular flexibility index (Phi) is 4.83. The second-order valence-electron chi connectivity index (χ2n) is 4.35. The first-order chi connectivity index (χ1) is 9.06. The van der Waals surface area contributed by atoms with Gasteiger partial charge in [0, 0.05) is 21.9 Å². The molecule has 6 N–H and O–H groups in total. The van der Waals surface area contributed by atoms with E-state index in [-0.39, 0.29) is 36.5 Å². The van der Waals surface area contributed by atoms with Crippen LogP contribution in [-0.2, 0) is 0 Å². The molecule has 0 saturated heterocycles. The van der Waals surface area contributed by atoms with E-state index >= 15 is 0 Å². The molecule has 0 fully saturated rings. The summed E-state index contributed by atoms with van der Waals surface area (Å²) in [5.74, 6) is 0.0126. The minimum absolute atomic E-state index is 0. The van der Waals surface area contributed by atoms with Crippen LogP contribution in [-0.4, -0.2) is 11.7 Å². The van der Waals surface area contributed by atoms with Crippen LogP contribution < -0.4 is 11.5 Å². The zero-order valence-corrected chi connectivity index (χ0v) is 12.5. The van der Waals surface area contributed by atoms with Crippen molar-refractivity contribution < 1.29 is 4.42 Å². The molecule has 0 aliphatic carbocycles. The highest BCUT2D eigenvalue weighted by Gasteiger charge is 2.09. The van der Waals surface area contributed by atoms with Crippen LogP contribution >= 0.6 is 24.8 Å². The maximum Gasteiger partial charge on any atom is 0.136 e. The maximum absolute atomic E-state index is 7.43. The summed E-state index contributed by atoms with van der Waals surface area (Å²) >= 11 is 0. The van der Waals surface area contributed by atoms with E-state index in [2.05, 4.69) is 0 Å². The van der Waals surface area contributed by atoms with Gasteiger partial charge in [0.25, 0.3) is 0 Å². The standard InChI is InChI=1S/C14H12N4O.2ClH/c15-13(16)7-1-3-9-10-4-2-8(14(17)18)6-12(10)19-11(9)5-7;;/h1-6H,(H3,15,16)(H3,17,18);2*1H. The van der Waals surface area contributed by atoms with Gasteiger partial charge in [0.05, 0.1) is 0 Å². The molecule has 110 valence electrons. The molecular formula is C14H14Cl2N4O. The van der Waals surface area contributed by atoms with E-state index in [0.29, 0.717) is 22.3 Å². The molecule has 0 aliphatic rings. The highest BCUT2D eigenvalue weighted by Crippen LogP contribution is 2.29. The Morgan fingerprint density at radius 2 is 1.14 bits per heavy atom. The fraction of sp³-hybridized carbons (Fsp3) is 0. The number of benzene rings is 2. The van der Waals surface area contributed by atoms with Crippen molar-refractivity contribution in [3.8, 4) is 0 Å². The molecule has 0 radical (unpaired) electrons. The van der Waals surface area contributed by atoms with Crippen LogP contribution in [0.15, 0.2) is 40.8 Å². The van der Waals surface area contributed by atoms with E-state index in [9.17, 15) is 0 Å². The second-order valence-corrected chi connectivity index (χ2v) is 4.35. The minimum atomic E-state index is 0. The van der Waals surface area contributed by atoms with Crippen LogP contribution in [0.1, 0.15) is 11.1 Å². The number of rotatable bonds is 2. The van der Waals surface area contributed by atoms with Gasteiger partial charge in [-0.15, -0.1) is 24.8 Å².